The molecule has 0 bridgehead atoms. The largest absolute Gasteiger partial charge is 0.419 e. The maximum atomic E-state index is 13.4. The van der Waals surface area contributed by atoms with Gasteiger partial charge in [-0.05, 0) is 48.6 Å². The van der Waals surface area contributed by atoms with Crippen molar-refractivity contribution in [2.75, 3.05) is 13.1 Å². The van der Waals surface area contributed by atoms with E-state index in [4.69, 9.17) is 0 Å². The number of amides is 1. The van der Waals surface area contributed by atoms with E-state index in [1.807, 2.05) is 0 Å². The van der Waals surface area contributed by atoms with Crippen molar-refractivity contribution >= 4 is 5.91 Å². The highest BCUT2D eigenvalue weighted by Gasteiger charge is 2.37. The van der Waals surface area contributed by atoms with Crippen LogP contribution in [-0.4, -0.2) is 23.9 Å². The maximum Gasteiger partial charge on any atom is 0.419 e. The van der Waals surface area contributed by atoms with Crippen LogP contribution in [-0.2, 0) is 12.4 Å². The van der Waals surface area contributed by atoms with Crippen LogP contribution in [0.25, 0.3) is 0 Å². The average molecular weight is 419 g/mol. The van der Waals surface area contributed by atoms with Crippen LogP contribution in [0.5, 0.6) is 0 Å². The minimum absolute atomic E-state index is 0.0917. The summed E-state index contributed by atoms with van der Waals surface area (Å²) in [6.45, 7) is 0.183. The first-order chi connectivity index (χ1) is 13.5. The van der Waals surface area contributed by atoms with Gasteiger partial charge in [-0.15, -0.1) is 0 Å². The van der Waals surface area contributed by atoms with Crippen LogP contribution in [0.1, 0.15) is 45.8 Å². The highest BCUT2D eigenvalue weighted by atomic mass is 19.4. The van der Waals surface area contributed by atoms with E-state index in [0.29, 0.717) is 12.1 Å². The van der Waals surface area contributed by atoms with Crippen molar-refractivity contribution in [3.8, 4) is 0 Å². The fraction of sp³-hybridized carbons (Fsp3) is 0.350. The molecule has 0 unspecified atom stereocenters. The van der Waals surface area contributed by atoms with Crippen LogP contribution in [0.2, 0.25) is 0 Å². The zero-order valence-corrected chi connectivity index (χ0v) is 14.9. The number of nitrogens with zero attached hydrogens (tertiary/aromatic N) is 1. The first-order valence-corrected chi connectivity index (χ1v) is 8.80. The van der Waals surface area contributed by atoms with Gasteiger partial charge in [0.05, 0.1) is 11.1 Å². The number of carbonyl (C=O) groups excluding carboxylic acids is 1. The Kier molecular flexibility index (Phi) is 5.60. The summed E-state index contributed by atoms with van der Waals surface area (Å²) in [7, 11) is 0. The Morgan fingerprint density at radius 2 is 1.45 bits per heavy atom. The van der Waals surface area contributed by atoms with E-state index in [-0.39, 0.29) is 37.1 Å². The van der Waals surface area contributed by atoms with Gasteiger partial charge >= 0.3 is 12.4 Å². The molecular formula is C20H16F7NO. The van der Waals surface area contributed by atoms with E-state index in [1.165, 1.54) is 23.1 Å². The van der Waals surface area contributed by atoms with Crippen molar-refractivity contribution in [2.24, 2.45) is 0 Å². The molecule has 0 aliphatic carbocycles. The quantitative estimate of drug-likeness (QED) is 0.557. The fourth-order valence-corrected chi connectivity index (χ4v) is 3.56. The fourth-order valence-electron chi connectivity index (χ4n) is 3.56. The Morgan fingerprint density at radius 1 is 0.862 bits per heavy atom. The number of benzene rings is 2. The third-order valence-corrected chi connectivity index (χ3v) is 5.01. The molecule has 1 heterocycles. The lowest BCUT2D eigenvalue weighted by Gasteiger charge is -2.33. The molecule has 156 valence electrons. The Balaban J connectivity index is 1.75. The van der Waals surface area contributed by atoms with Crippen LogP contribution >= 0.6 is 0 Å². The molecule has 9 heteroatoms. The van der Waals surface area contributed by atoms with E-state index in [2.05, 4.69) is 0 Å². The molecule has 2 aromatic carbocycles. The third kappa shape index (κ3) is 4.54. The lowest BCUT2D eigenvalue weighted by Crippen LogP contribution is -2.38. The van der Waals surface area contributed by atoms with Gasteiger partial charge in [-0.25, -0.2) is 4.39 Å². The van der Waals surface area contributed by atoms with Crippen molar-refractivity contribution in [1.29, 1.82) is 0 Å². The highest BCUT2D eigenvalue weighted by molar-refractivity contribution is 5.94. The molecule has 2 aromatic rings. The molecule has 1 aliphatic heterocycles. The number of alkyl halides is 6. The molecule has 0 atom stereocenters. The first kappa shape index (κ1) is 21.1. The van der Waals surface area contributed by atoms with Gasteiger partial charge in [0.2, 0.25) is 0 Å². The lowest BCUT2D eigenvalue weighted by atomic mass is 9.86. The summed E-state index contributed by atoms with van der Waals surface area (Å²) < 4.78 is 91.6. The topological polar surface area (TPSA) is 20.3 Å². The van der Waals surface area contributed by atoms with E-state index in [1.54, 1.807) is 0 Å². The summed E-state index contributed by atoms with van der Waals surface area (Å²) in [5, 5.41) is 0. The molecule has 0 N–H and O–H groups in total. The van der Waals surface area contributed by atoms with Crippen LogP contribution in [0.3, 0.4) is 0 Å². The molecular weight excluding hydrogens is 403 g/mol. The van der Waals surface area contributed by atoms with E-state index >= 15 is 0 Å². The normalized spacial score (nSPS) is 16.2. The highest BCUT2D eigenvalue weighted by Crippen LogP contribution is 2.39. The molecule has 29 heavy (non-hydrogen) atoms. The molecule has 1 amide bonds. The smallest absolute Gasteiger partial charge is 0.339 e. The van der Waals surface area contributed by atoms with Crippen LogP contribution < -0.4 is 0 Å². The Labute approximate surface area is 161 Å². The molecule has 0 aromatic heterocycles. The minimum Gasteiger partial charge on any atom is -0.339 e. The molecule has 0 spiro atoms. The number of hydrogen-bond donors (Lipinski definition) is 0. The number of piperidine rings is 1. The van der Waals surface area contributed by atoms with Crippen molar-refractivity contribution in [1.82, 2.24) is 4.90 Å². The second-order valence-electron chi connectivity index (χ2n) is 6.84. The van der Waals surface area contributed by atoms with Gasteiger partial charge in [0.1, 0.15) is 5.82 Å². The summed E-state index contributed by atoms with van der Waals surface area (Å²) in [5.41, 5.74) is -2.42. The predicted octanol–water partition coefficient (Wildman–Crippen LogP) is 5.88. The van der Waals surface area contributed by atoms with E-state index < -0.39 is 41.1 Å². The number of hydrogen-bond acceptors (Lipinski definition) is 1. The summed E-state index contributed by atoms with van der Waals surface area (Å²) in [4.78, 5) is 13.8. The first-order valence-electron chi connectivity index (χ1n) is 8.80. The third-order valence-electron chi connectivity index (χ3n) is 5.01. The maximum absolute atomic E-state index is 13.4. The lowest BCUT2D eigenvalue weighted by molar-refractivity contribution is -0.140. The Hall–Kier alpha value is -2.58. The molecule has 0 radical (unpaired) electrons. The summed E-state index contributed by atoms with van der Waals surface area (Å²) in [6, 6.07) is 7.24. The van der Waals surface area contributed by atoms with Crippen LogP contribution in [0.4, 0.5) is 30.7 Å². The summed E-state index contributed by atoms with van der Waals surface area (Å²) in [5.74, 6) is -2.61. The molecule has 1 saturated heterocycles. The Bertz CT molecular complexity index is 896. The van der Waals surface area contributed by atoms with Crippen molar-refractivity contribution in [3.05, 3.63) is 70.5 Å². The van der Waals surface area contributed by atoms with Gasteiger partial charge in [-0.1, -0.05) is 18.2 Å². The molecule has 3 rings (SSSR count). The molecule has 1 aliphatic rings. The Morgan fingerprint density at radius 3 is 2.03 bits per heavy atom. The average Bonchev–Trinajstić information content (AvgIpc) is 2.66. The number of rotatable bonds is 2. The zero-order valence-electron chi connectivity index (χ0n) is 14.9. The van der Waals surface area contributed by atoms with Gasteiger partial charge in [0.25, 0.3) is 5.91 Å². The zero-order chi connectivity index (χ0) is 21.4. The van der Waals surface area contributed by atoms with Crippen molar-refractivity contribution < 1.29 is 35.5 Å². The standard InChI is InChI=1S/C20H16F7NO/c21-17-6-5-13(11-16(17)20(25,26)27)18(29)28-9-7-12(8-10-28)14-3-1-2-4-15(14)19(22,23)24/h1-6,11-12H,7-10H2. The van der Waals surface area contributed by atoms with Gasteiger partial charge in [0.15, 0.2) is 0 Å². The SMILES string of the molecule is O=C(c1ccc(F)c(C(F)(F)F)c1)N1CCC(c2ccccc2C(F)(F)F)CC1. The van der Waals surface area contributed by atoms with Gasteiger partial charge < -0.3 is 4.90 Å². The molecule has 2 nitrogen and oxygen atoms in total. The van der Waals surface area contributed by atoms with Crippen LogP contribution in [0, 0.1) is 5.82 Å². The number of likely N-dealkylation sites (tertiary alicyclic amines) is 1. The van der Waals surface area contributed by atoms with Crippen molar-refractivity contribution in [2.45, 2.75) is 31.1 Å². The molecule has 0 saturated carbocycles. The van der Waals surface area contributed by atoms with E-state index in [9.17, 15) is 35.5 Å². The number of halogens is 7. The van der Waals surface area contributed by atoms with Gasteiger partial charge in [0, 0.05) is 18.7 Å². The second kappa shape index (κ2) is 7.68. The van der Waals surface area contributed by atoms with Gasteiger partial charge in [-0.2, -0.15) is 26.3 Å². The second-order valence-corrected chi connectivity index (χ2v) is 6.84. The monoisotopic (exact) mass is 419 g/mol. The molecule has 1 fully saturated rings. The van der Waals surface area contributed by atoms with Crippen molar-refractivity contribution in [3.63, 3.8) is 0 Å². The summed E-state index contributed by atoms with van der Waals surface area (Å²) in [6.07, 6.45) is -8.95. The summed E-state index contributed by atoms with van der Waals surface area (Å²) >= 11 is 0. The van der Waals surface area contributed by atoms with Gasteiger partial charge in [-0.3, -0.25) is 4.79 Å². The van der Waals surface area contributed by atoms with E-state index in [0.717, 1.165) is 12.1 Å². The predicted molar refractivity (Wildman–Crippen MR) is 90.7 cm³/mol. The minimum atomic E-state index is -4.94. The number of carbonyl (C=O) groups is 1. The van der Waals surface area contributed by atoms with Crippen LogP contribution in [0.15, 0.2) is 42.5 Å².